The highest BCUT2D eigenvalue weighted by molar-refractivity contribution is 7.19. The SMILES string of the molecule is CCOc1cc(-c2cnc(NC(=O)C3CC(C)(C)OC(C)(C)C3)s2)ccc1C(N)=O. The summed E-state index contributed by atoms with van der Waals surface area (Å²) in [5.74, 6) is -0.285. The van der Waals surface area contributed by atoms with E-state index in [2.05, 4.69) is 10.3 Å². The molecule has 1 fully saturated rings. The van der Waals surface area contributed by atoms with Crippen LogP contribution in [0.5, 0.6) is 5.75 Å². The molecular weight excluding hydrogens is 402 g/mol. The van der Waals surface area contributed by atoms with Crippen LogP contribution in [0, 0.1) is 5.92 Å². The first-order valence-corrected chi connectivity index (χ1v) is 10.9. The number of thiazole rings is 1. The van der Waals surface area contributed by atoms with E-state index in [0.717, 1.165) is 10.4 Å². The van der Waals surface area contributed by atoms with E-state index >= 15 is 0 Å². The number of nitrogens with two attached hydrogens (primary N) is 1. The van der Waals surface area contributed by atoms with Crippen LogP contribution in [0.3, 0.4) is 0 Å². The van der Waals surface area contributed by atoms with Gasteiger partial charge in [-0.25, -0.2) is 4.98 Å². The van der Waals surface area contributed by atoms with Gasteiger partial charge in [0.25, 0.3) is 5.91 Å². The van der Waals surface area contributed by atoms with Crippen molar-refractivity contribution in [3.63, 3.8) is 0 Å². The Balaban J connectivity index is 1.76. The number of primary amides is 1. The Bertz CT molecular complexity index is 936. The number of carbonyl (C=O) groups is 2. The topological polar surface area (TPSA) is 104 Å². The highest BCUT2D eigenvalue weighted by Crippen LogP contribution is 2.39. The second-order valence-corrected chi connectivity index (χ2v) is 9.78. The molecule has 0 aliphatic carbocycles. The summed E-state index contributed by atoms with van der Waals surface area (Å²) < 4.78 is 11.6. The fraction of sp³-hybridized carbons (Fsp3) is 0.500. The first-order chi connectivity index (χ1) is 14.0. The molecule has 0 spiro atoms. The third-order valence-corrected chi connectivity index (χ3v) is 5.93. The van der Waals surface area contributed by atoms with Gasteiger partial charge in [0.05, 0.1) is 28.2 Å². The van der Waals surface area contributed by atoms with Crippen LogP contribution in [0.25, 0.3) is 10.4 Å². The number of hydrogen-bond acceptors (Lipinski definition) is 6. The molecule has 1 saturated heterocycles. The molecule has 0 radical (unpaired) electrons. The van der Waals surface area contributed by atoms with Crippen molar-refractivity contribution < 1.29 is 19.1 Å². The molecule has 2 amide bonds. The number of carbonyl (C=O) groups excluding carboxylic acids is 2. The van der Waals surface area contributed by atoms with Crippen molar-refractivity contribution in [2.24, 2.45) is 11.7 Å². The van der Waals surface area contributed by atoms with Gasteiger partial charge in [-0.2, -0.15) is 0 Å². The number of rotatable bonds is 6. The van der Waals surface area contributed by atoms with Crippen LogP contribution < -0.4 is 15.8 Å². The predicted molar refractivity (Wildman–Crippen MR) is 118 cm³/mol. The standard InChI is InChI=1S/C22H29N3O4S/c1-6-28-16-9-13(7-8-15(16)18(23)26)17-12-24-20(30-17)25-19(27)14-10-21(2,3)29-22(4,5)11-14/h7-9,12,14H,6,10-11H2,1-5H3,(H2,23,26)(H,24,25,27). The van der Waals surface area contributed by atoms with Gasteiger partial charge < -0.3 is 20.5 Å². The van der Waals surface area contributed by atoms with Gasteiger partial charge in [-0.3, -0.25) is 9.59 Å². The highest BCUT2D eigenvalue weighted by Gasteiger charge is 2.42. The summed E-state index contributed by atoms with van der Waals surface area (Å²) in [5.41, 5.74) is 5.89. The van der Waals surface area contributed by atoms with Gasteiger partial charge in [0.15, 0.2) is 5.13 Å². The third-order valence-electron chi connectivity index (χ3n) is 4.97. The molecule has 162 valence electrons. The molecule has 3 rings (SSSR count). The zero-order valence-electron chi connectivity index (χ0n) is 18.1. The Labute approximate surface area is 181 Å². The number of aromatic nitrogens is 1. The minimum absolute atomic E-state index is 0.0422. The summed E-state index contributed by atoms with van der Waals surface area (Å²) in [6.45, 7) is 10.3. The van der Waals surface area contributed by atoms with Crippen LogP contribution in [0.2, 0.25) is 0 Å². The number of ether oxygens (including phenoxy) is 2. The van der Waals surface area contributed by atoms with Crippen molar-refractivity contribution in [1.29, 1.82) is 0 Å². The van der Waals surface area contributed by atoms with E-state index in [1.807, 2.05) is 34.6 Å². The number of hydrogen-bond donors (Lipinski definition) is 2. The average Bonchev–Trinajstić information content (AvgIpc) is 3.07. The summed E-state index contributed by atoms with van der Waals surface area (Å²) in [6.07, 6.45) is 3.02. The lowest BCUT2D eigenvalue weighted by molar-refractivity contribution is -0.176. The predicted octanol–water partition coefficient (Wildman–Crippen LogP) is 4.23. The maximum absolute atomic E-state index is 12.9. The second kappa shape index (κ2) is 8.35. The third kappa shape index (κ3) is 5.17. The van der Waals surface area contributed by atoms with E-state index in [1.165, 1.54) is 11.3 Å². The number of anilines is 1. The molecule has 1 aromatic heterocycles. The van der Waals surface area contributed by atoms with Crippen molar-refractivity contribution in [3.05, 3.63) is 30.0 Å². The molecule has 1 aliphatic rings. The molecule has 0 atom stereocenters. The molecule has 1 aromatic carbocycles. The molecule has 30 heavy (non-hydrogen) atoms. The fourth-order valence-electron chi connectivity index (χ4n) is 4.10. The van der Waals surface area contributed by atoms with Crippen LogP contribution in [0.1, 0.15) is 57.8 Å². The van der Waals surface area contributed by atoms with E-state index in [9.17, 15) is 9.59 Å². The zero-order chi connectivity index (χ0) is 22.1. The Morgan fingerprint density at radius 2 is 1.93 bits per heavy atom. The summed E-state index contributed by atoms with van der Waals surface area (Å²) in [6, 6.07) is 5.21. The van der Waals surface area contributed by atoms with Crippen molar-refractivity contribution in [2.75, 3.05) is 11.9 Å². The molecule has 8 heteroatoms. The Morgan fingerprint density at radius 3 is 2.53 bits per heavy atom. The zero-order valence-corrected chi connectivity index (χ0v) is 18.9. The monoisotopic (exact) mass is 431 g/mol. The van der Waals surface area contributed by atoms with Gasteiger partial charge in [0.2, 0.25) is 5.91 Å². The van der Waals surface area contributed by atoms with Crippen molar-refractivity contribution >= 4 is 28.3 Å². The van der Waals surface area contributed by atoms with Crippen molar-refractivity contribution in [2.45, 2.75) is 58.7 Å². The molecule has 3 N–H and O–H groups in total. The average molecular weight is 432 g/mol. The largest absolute Gasteiger partial charge is 0.493 e. The van der Waals surface area contributed by atoms with Crippen LogP contribution in [-0.4, -0.2) is 34.6 Å². The van der Waals surface area contributed by atoms with Crippen LogP contribution in [0.4, 0.5) is 5.13 Å². The lowest BCUT2D eigenvalue weighted by Crippen LogP contribution is -2.48. The quantitative estimate of drug-likeness (QED) is 0.712. The van der Waals surface area contributed by atoms with Gasteiger partial charge in [-0.1, -0.05) is 17.4 Å². The number of nitrogens with one attached hydrogen (secondary N) is 1. The van der Waals surface area contributed by atoms with E-state index in [1.54, 1.807) is 24.4 Å². The molecule has 0 bridgehead atoms. The number of benzene rings is 1. The Hall–Kier alpha value is -2.45. The molecule has 7 nitrogen and oxygen atoms in total. The van der Waals surface area contributed by atoms with Gasteiger partial charge in [0.1, 0.15) is 5.75 Å². The molecule has 0 saturated carbocycles. The molecule has 2 heterocycles. The number of amides is 2. The second-order valence-electron chi connectivity index (χ2n) is 8.75. The first-order valence-electron chi connectivity index (χ1n) is 10.0. The molecular formula is C22H29N3O4S. The smallest absolute Gasteiger partial charge is 0.252 e. The fourth-order valence-corrected chi connectivity index (χ4v) is 4.92. The maximum atomic E-state index is 12.9. The van der Waals surface area contributed by atoms with Crippen molar-refractivity contribution in [3.8, 4) is 16.2 Å². The maximum Gasteiger partial charge on any atom is 0.252 e. The minimum atomic E-state index is -0.537. The highest BCUT2D eigenvalue weighted by atomic mass is 32.1. The minimum Gasteiger partial charge on any atom is -0.493 e. The molecule has 1 aliphatic heterocycles. The lowest BCUT2D eigenvalue weighted by Gasteiger charge is -2.44. The van der Waals surface area contributed by atoms with Gasteiger partial charge in [-0.05, 0) is 65.2 Å². The van der Waals surface area contributed by atoms with E-state index < -0.39 is 5.91 Å². The summed E-state index contributed by atoms with van der Waals surface area (Å²) in [5, 5.41) is 3.49. The Morgan fingerprint density at radius 1 is 1.27 bits per heavy atom. The van der Waals surface area contributed by atoms with E-state index in [0.29, 0.717) is 35.9 Å². The summed E-state index contributed by atoms with van der Waals surface area (Å²) >= 11 is 1.37. The molecule has 0 unspecified atom stereocenters. The van der Waals surface area contributed by atoms with E-state index in [-0.39, 0.29) is 23.0 Å². The van der Waals surface area contributed by atoms with Gasteiger partial charge in [0, 0.05) is 12.1 Å². The summed E-state index contributed by atoms with van der Waals surface area (Å²) in [7, 11) is 0. The lowest BCUT2D eigenvalue weighted by atomic mass is 9.80. The molecule has 2 aromatic rings. The normalized spacial score (nSPS) is 18.0. The number of nitrogens with zero attached hydrogens (tertiary/aromatic N) is 1. The van der Waals surface area contributed by atoms with E-state index in [4.69, 9.17) is 15.2 Å². The van der Waals surface area contributed by atoms with Crippen LogP contribution in [-0.2, 0) is 9.53 Å². The van der Waals surface area contributed by atoms with Crippen molar-refractivity contribution in [1.82, 2.24) is 4.98 Å². The Kier molecular flexibility index (Phi) is 6.19. The van der Waals surface area contributed by atoms with Crippen LogP contribution >= 0.6 is 11.3 Å². The summed E-state index contributed by atoms with van der Waals surface area (Å²) in [4.78, 5) is 29.7. The first kappa shape index (κ1) is 22.2. The van der Waals surface area contributed by atoms with Gasteiger partial charge in [-0.15, -0.1) is 0 Å². The van der Waals surface area contributed by atoms with Crippen LogP contribution in [0.15, 0.2) is 24.4 Å². The van der Waals surface area contributed by atoms with Gasteiger partial charge >= 0.3 is 0 Å².